The summed E-state index contributed by atoms with van der Waals surface area (Å²) in [6.45, 7) is 0. The van der Waals surface area contributed by atoms with Gasteiger partial charge in [0.1, 0.15) is 6.10 Å². The number of epoxide rings is 1. The number of hydrogen-bond donors (Lipinski definition) is 1. The molecule has 2 fully saturated rings. The molecule has 2 rings (SSSR count). The fourth-order valence-electron chi connectivity index (χ4n) is 1.81. The van der Waals surface area contributed by atoms with Crippen LogP contribution in [-0.4, -0.2) is 31.5 Å². The third-order valence-corrected chi connectivity index (χ3v) is 2.51. The lowest BCUT2D eigenvalue weighted by molar-refractivity contribution is 0.162. The molecule has 2 aliphatic rings. The first-order valence-electron chi connectivity index (χ1n) is 4.31. The maximum absolute atomic E-state index is 10.9. The SMILES string of the molecule is COC(=O)NC1CCCC2OC12. The van der Waals surface area contributed by atoms with E-state index in [-0.39, 0.29) is 18.2 Å². The smallest absolute Gasteiger partial charge is 0.407 e. The Hall–Kier alpha value is -0.770. The molecular weight excluding hydrogens is 158 g/mol. The molecule has 0 aromatic carbocycles. The van der Waals surface area contributed by atoms with E-state index < -0.39 is 0 Å². The number of nitrogens with one attached hydrogen (secondary N) is 1. The van der Waals surface area contributed by atoms with Gasteiger partial charge in [0.05, 0.1) is 19.3 Å². The Labute approximate surface area is 71.2 Å². The fourth-order valence-corrected chi connectivity index (χ4v) is 1.81. The molecule has 12 heavy (non-hydrogen) atoms. The Morgan fingerprint density at radius 3 is 3.17 bits per heavy atom. The summed E-state index contributed by atoms with van der Waals surface area (Å²) in [7, 11) is 1.38. The zero-order valence-electron chi connectivity index (χ0n) is 7.08. The van der Waals surface area contributed by atoms with Crippen LogP contribution in [0.25, 0.3) is 0 Å². The Morgan fingerprint density at radius 2 is 2.42 bits per heavy atom. The van der Waals surface area contributed by atoms with Crippen molar-refractivity contribution in [2.75, 3.05) is 7.11 Å². The summed E-state index contributed by atoms with van der Waals surface area (Å²) >= 11 is 0. The van der Waals surface area contributed by atoms with Gasteiger partial charge in [-0.25, -0.2) is 4.79 Å². The summed E-state index contributed by atoms with van der Waals surface area (Å²) in [6, 6.07) is 0.177. The molecule has 0 aromatic rings. The molecule has 1 heterocycles. The first-order valence-corrected chi connectivity index (χ1v) is 4.31. The van der Waals surface area contributed by atoms with Crippen LogP contribution in [0.4, 0.5) is 4.79 Å². The van der Waals surface area contributed by atoms with Crippen molar-refractivity contribution in [2.45, 2.75) is 37.5 Å². The second-order valence-electron chi connectivity index (χ2n) is 3.31. The quantitative estimate of drug-likeness (QED) is 0.590. The number of carbonyl (C=O) groups excluding carboxylic acids is 1. The van der Waals surface area contributed by atoms with Crippen molar-refractivity contribution in [3.05, 3.63) is 0 Å². The second-order valence-corrected chi connectivity index (χ2v) is 3.31. The number of alkyl carbamates (subject to hydrolysis) is 1. The summed E-state index contributed by atoms with van der Waals surface area (Å²) < 4.78 is 9.88. The lowest BCUT2D eigenvalue weighted by Gasteiger charge is -2.18. The maximum atomic E-state index is 10.9. The number of hydrogen-bond acceptors (Lipinski definition) is 3. The molecule has 0 bridgehead atoms. The summed E-state index contributed by atoms with van der Waals surface area (Å²) in [5.74, 6) is 0. The van der Waals surface area contributed by atoms with Crippen LogP contribution in [0.15, 0.2) is 0 Å². The van der Waals surface area contributed by atoms with Crippen LogP contribution in [0.5, 0.6) is 0 Å². The molecular formula is C8H13NO3. The molecule has 1 saturated carbocycles. The predicted molar refractivity (Wildman–Crippen MR) is 41.8 cm³/mol. The molecule has 1 saturated heterocycles. The van der Waals surface area contributed by atoms with Gasteiger partial charge in [-0.1, -0.05) is 0 Å². The van der Waals surface area contributed by atoms with Crippen molar-refractivity contribution in [3.63, 3.8) is 0 Å². The van der Waals surface area contributed by atoms with Gasteiger partial charge in [-0.3, -0.25) is 0 Å². The molecule has 3 unspecified atom stereocenters. The molecule has 4 heteroatoms. The Kier molecular flexibility index (Phi) is 1.92. The third-order valence-electron chi connectivity index (χ3n) is 2.51. The Balaban J connectivity index is 1.83. The van der Waals surface area contributed by atoms with E-state index in [4.69, 9.17) is 4.74 Å². The van der Waals surface area contributed by atoms with Gasteiger partial charge in [0.2, 0.25) is 0 Å². The second kappa shape index (κ2) is 2.94. The topological polar surface area (TPSA) is 50.9 Å². The number of amides is 1. The van der Waals surface area contributed by atoms with Crippen LogP contribution < -0.4 is 5.32 Å². The first kappa shape index (κ1) is 7.86. The van der Waals surface area contributed by atoms with E-state index in [2.05, 4.69) is 10.1 Å². The molecule has 1 aliphatic carbocycles. The molecule has 1 amide bonds. The number of carbonyl (C=O) groups is 1. The minimum Gasteiger partial charge on any atom is -0.453 e. The van der Waals surface area contributed by atoms with Crippen LogP contribution in [0.2, 0.25) is 0 Å². The van der Waals surface area contributed by atoms with Crippen LogP contribution in [-0.2, 0) is 9.47 Å². The van der Waals surface area contributed by atoms with Gasteiger partial charge in [-0.05, 0) is 19.3 Å². The van der Waals surface area contributed by atoms with Gasteiger partial charge in [-0.15, -0.1) is 0 Å². The van der Waals surface area contributed by atoms with E-state index >= 15 is 0 Å². The van der Waals surface area contributed by atoms with Gasteiger partial charge < -0.3 is 14.8 Å². The lowest BCUT2D eigenvalue weighted by atomic mass is 9.96. The molecule has 68 valence electrons. The summed E-state index contributed by atoms with van der Waals surface area (Å²) in [5.41, 5.74) is 0. The zero-order chi connectivity index (χ0) is 8.55. The van der Waals surface area contributed by atoms with Crippen molar-refractivity contribution >= 4 is 6.09 Å². The highest BCUT2D eigenvalue weighted by Gasteiger charge is 2.47. The van der Waals surface area contributed by atoms with E-state index in [1.165, 1.54) is 7.11 Å². The molecule has 1 aliphatic heterocycles. The van der Waals surface area contributed by atoms with E-state index in [1.54, 1.807) is 0 Å². The normalized spacial score (nSPS) is 38.2. The van der Waals surface area contributed by atoms with Gasteiger partial charge in [0.15, 0.2) is 0 Å². The van der Waals surface area contributed by atoms with E-state index in [1.807, 2.05) is 0 Å². The number of methoxy groups -OCH3 is 1. The fraction of sp³-hybridized carbons (Fsp3) is 0.875. The molecule has 0 radical (unpaired) electrons. The minimum atomic E-state index is -0.351. The number of ether oxygens (including phenoxy) is 2. The van der Waals surface area contributed by atoms with E-state index in [0.717, 1.165) is 19.3 Å². The van der Waals surface area contributed by atoms with Crippen molar-refractivity contribution < 1.29 is 14.3 Å². The molecule has 0 aromatic heterocycles. The average Bonchev–Trinajstić information content (AvgIpc) is 2.84. The highest BCUT2D eigenvalue weighted by Crippen LogP contribution is 2.36. The standard InChI is InChI=1S/C8H13NO3/c1-11-8(10)9-5-3-2-4-6-7(5)12-6/h5-7H,2-4H2,1H3,(H,9,10). The number of rotatable bonds is 1. The van der Waals surface area contributed by atoms with Gasteiger partial charge >= 0.3 is 6.09 Å². The Morgan fingerprint density at radius 1 is 1.58 bits per heavy atom. The predicted octanol–water partition coefficient (Wildman–Crippen LogP) is 0.662. The van der Waals surface area contributed by atoms with Crippen molar-refractivity contribution in [2.24, 2.45) is 0 Å². The highest BCUT2D eigenvalue weighted by molar-refractivity contribution is 5.67. The zero-order valence-corrected chi connectivity index (χ0v) is 7.08. The first-order chi connectivity index (χ1) is 5.81. The highest BCUT2D eigenvalue weighted by atomic mass is 16.6. The summed E-state index contributed by atoms with van der Waals surface area (Å²) in [4.78, 5) is 10.9. The Bertz CT molecular complexity index is 195. The number of fused-ring (bicyclic) bond motifs is 1. The van der Waals surface area contributed by atoms with Gasteiger partial charge in [0, 0.05) is 0 Å². The summed E-state index contributed by atoms with van der Waals surface area (Å²) in [6.07, 6.45) is 3.60. The van der Waals surface area contributed by atoms with Gasteiger partial charge in [0.25, 0.3) is 0 Å². The molecule has 3 atom stereocenters. The van der Waals surface area contributed by atoms with Crippen molar-refractivity contribution in [3.8, 4) is 0 Å². The molecule has 0 spiro atoms. The summed E-state index contributed by atoms with van der Waals surface area (Å²) in [5, 5.41) is 2.77. The minimum absolute atomic E-state index is 0.177. The van der Waals surface area contributed by atoms with Crippen LogP contribution >= 0.6 is 0 Å². The van der Waals surface area contributed by atoms with Crippen LogP contribution in [0, 0.1) is 0 Å². The van der Waals surface area contributed by atoms with E-state index in [9.17, 15) is 4.79 Å². The van der Waals surface area contributed by atoms with Crippen molar-refractivity contribution in [1.82, 2.24) is 5.32 Å². The lowest BCUT2D eigenvalue weighted by Crippen LogP contribution is -2.40. The molecule has 1 N–H and O–H groups in total. The molecule has 4 nitrogen and oxygen atoms in total. The third kappa shape index (κ3) is 1.39. The van der Waals surface area contributed by atoms with Gasteiger partial charge in [-0.2, -0.15) is 0 Å². The maximum Gasteiger partial charge on any atom is 0.407 e. The largest absolute Gasteiger partial charge is 0.453 e. The van der Waals surface area contributed by atoms with Crippen molar-refractivity contribution in [1.29, 1.82) is 0 Å². The van der Waals surface area contributed by atoms with E-state index in [0.29, 0.717) is 6.10 Å². The van der Waals surface area contributed by atoms with Crippen LogP contribution in [0.1, 0.15) is 19.3 Å². The monoisotopic (exact) mass is 171 g/mol. The van der Waals surface area contributed by atoms with Crippen LogP contribution in [0.3, 0.4) is 0 Å². The average molecular weight is 171 g/mol.